The van der Waals surface area contributed by atoms with Crippen LogP contribution >= 0.6 is 0 Å². The molecule has 1 N–H and O–H groups in total. The first-order valence-electron chi connectivity index (χ1n) is 9.87. The summed E-state index contributed by atoms with van der Waals surface area (Å²) < 4.78 is 6.95. The Morgan fingerprint density at radius 3 is 2.32 bits per heavy atom. The Kier molecular flexibility index (Phi) is 9.20. The summed E-state index contributed by atoms with van der Waals surface area (Å²) in [6.45, 7) is 18.1. The molecule has 0 unspecified atom stereocenters. The Bertz CT molecular complexity index is 486. The third kappa shape index (κ3) is 6.44. The molecular formula is C22H38O2Si. The van der Waals surface area contributed by atoms with Crippen LogP contribution < -0.4 is 0 Å². The van der Waals surface area contributed by atoms with Gasteiger partial charge in [0.15, 0.2) is 0 Å². The number of allylic oxidation sites excluding steroid dienone is 1. The maximum atomic E-state index is 9.96. The van der Waals surface area contributed by atoms with Crippen molar-refractivity contribution in [1.29, 1.82) is 0 Å². The standard InChI is InChI=1S/C22H38O2Si/c1-17(2)25(18(3)4,19(5)6)24-22-13-11-9-8-10-12-21(23)16-20(7)14-15-22/h11,13,17-19,21-23H,7-9,14-16H2,1-6H3/b13-11+/t21-,22-/m0/s1. The summed E-state index contributed by atoms with van der Waals surface area (Å²) >= 11 is 0. The SMILES string of the molecule is C=C1CC[C@@H](O[Si](C(C)C)(C(C)C)C(C)C)/C=C/CCC#C[C@H](O)C1. The Morgan fingerprint density at radius 2 is 1.76 bits per heavy atom. The molecule has 0 aromatic rings. The molecule has 0 saturated carbocycles. The van der Waals surface area contributed by atoms with Gasteiger partial charge < -0.3 is 9.53 Å². The van der Waals surface area contributed by atoms with Gasteiger partial charge in [0.2, 0.25) is 8.32 Å². The number of hydrogen-bond acceptors (Lipinski definition) is 2. The van der Waals surface area contributed by atoms with Crippen molar-refractivity contribution in [2.75, 3.05) is 0 Å². The summed E-state index contributed by atoms with van der Waals surface area (Å²) in [5.74, 6) is 5.98. The van der Waals surface area contributed by atoms with Crippen LogP contribution in [0.1, 0.15) is 73.6 Å². The highest BCUT2D eigenvalue weighted by Crippen LogP contribution is 2.43. The Morgan fingerprint density at radius 1 is 1.16 bits per heavy atom. The summed E-state index contributed by atoms with van der Waals surface area (Å²) in [4.78, 5) is 0. The number of hydrogen-bond donors (Lipinski definition) is 1. The zero-order valence-electron chi connectivity index (χ0n) is 17.1. The van der Waals surface area contributed by atoms with Crippen LogP contribution in [-0.2, 0) is 4.43 Å². The third-order valence-corrected chi connectivity index (χ3v) is 11.5. The van der Waals surface area contributed by atoms with Crippen LogP contribution in [0.2, 0.25) is 16.6 Å². The molecule has 1 aliphatic carbocycles. The zero-order valence-corrected chi connectivity index (χ0v) is 18.1. The first-order valence-corrected chi connectivity index (χ1v) is 12.0. The lowest BCUT2D eigenvalue weighted by atomic mass is 10.0. The van der Waals surface area contributed by atoms with Crippen molar-refractivity contribution in [1.82, 2.24) is 0 Å². The molecule has 1 rings (SSSR count). The normalized spacial score (nSPS) is 24.6. The smallest absolute Gasteiger partial charge is 0.201 e. The van der Waals surface area contributed by atoms with E-state index in [0.717, 1.165) is 31.3 Å². The first-order chi connectivity index (χ1) is 11.7. The predicted molar refractivity (Wildman–Crippen MR) is 111 cm³/mol. The summed E-state index contributed by atoms with van der Waals surface area (Å²) in [5.41, 5.74) is 2.81. The highest BCUT2D eigenvalue weighted by atomic mass is 28.4. The van der Waals surface area contributed by atoms with Crippen molar-refractivity contribution in [3.8, 4) is 11.8 Å². The molecule has 0 radical (unpaired) electrons. The van der Waals surface area contributed by atoms with Gasteiger partial charge in [-0.15, -0.1) is 5.92 Å². The maximum Gasteiger partial charge on any atom is 0.201 e. The number of aliphatic hydroxyl groups excluding tert-OH is 1. The van der Waals surface area contributed by atoms with Crippen LogP contribution in [-0.4, -0.2) is 25.6 Å². The number of aliphatic hydroxyl groups is 1. The molecule has 1 aliphatic rings. The van der Waals surface area contributed by atoms with Gasteiger partial charge in [-0.25, -0.2) is 0 Å². The summed E-state index contributed by atoms with van der Waals surface area (Å²) in [6, 6.07) is 0. The van der Waals surface area contributed by atoms with Gasteiger partial charge in [-0.3, -0.25) is 0 Å². The van der Waals surface area contributed by atoms with Crippen molar-refractivity contribution in [2.45, 2.75) is 102 Å². The highest BCUT2D eigenvalue weighted by Gasteiger charge is 2.46. The minimum absolute atomic E-state index is 0.139. The Labute approximate surface area is 156 Å². The van der Waals surface area contributed by atoms with Gasteiger partial charge in [-0.1, -0.05) is 71.8 Å². The molecule has 0 aromatic carbocycles. The van der Waals surface area contributed by atoms with Crippen LogP contribution in [0, 0.1) is 11.8 Å². The molecule has 0 bridgehead atoms. The molecule has 0 saturated heterocycles. The van der Waals surface area contributed by atoms with E-state index in [1.165, 1.54) is 0 Å². The van der Waals surface area contributed by atoms with Gasteiger partial charge in [0.1, 0.15) is 6.10 Å². The van der Waals surface area contributed by atoms with E-state index in [9.17, 15) is 5.11 Å². The number of rotatable bonds is 5. The van der Waals surface area contributed by atoms with Gasteiger partial charge in [0.05, 0.1) is 6.10 Å². The van der Waals surface area contributed by atoms with E-state index in [4.69, 9.17) is 4.43 Å². The molecule has 0 spiro atoms. The maximum absolute atomic E-state index is 9.96. The average Bonchev–Trinajstić information content (AvgIpc) is 2.50. The zero-order chi connectivity index (χ0) is 19.0. The van der Waals surface area contributed by atoms with E-state index in [1.807, 2.05) is 0 Å². The van der Waals surface area contributed by atoms with E-state index in [2.05, 4.69) is 72.1 Å². The summed E-state index contributed by atoms with van der Waals surface area (Å²) in [7, 11) is -1.90. The molecule has 0 amide bonds. The third-order valence-electron chi connectivity index (χ3n) is 5.38. The van der Waals surface area contributed by atoms with Crippen molar-refractivity contribution < 1.29 is 9.53 Å². The molecule has 0 aromatic heterocycles. The van der Waals surface area contributed by atoms with Gasteiger partial charge in [-0.2, -0.15) is 0 Å². The van der Waals surface area contributed by atoms with Crippen molar-refractivity contribution >= 4 is 8.32 Å². The van der Waals surface area contributed by atoms with Crippen molar-refractivity contribution in [3.63, 3.8) is 0 Å². The minimum Gasteiger partial charge on any atom is -0.410 e. The second-order valence-corrected chi connectivity index (χ2v) is 13.7. The lowest BCUT2D eigenvalue weighted by Crippen LogP contribution is -2.50. The van der Waals surface area contributed by atoms with Crippen molar-refractivity contribution in [2.24, 2.45) is 0 Å². The average molecular weight is 363 g/mol. The molecule has 2 atom stereocenters. The fourth-order valence-electron chi connectivity index (χ4n) is 4.23. The Balaban J connectivity index is 3.00. The van der Waals surface area contributed by atoms with Crippen LogP contribution in [0.4, 0.5) is 0 Å². The molecule has 142 valence electrons. The van der Waals surface area contributed by atoms with E-state index >= 15 is 0 Å². The topological polar surface area (TPSA) is 29.5 Å². The second kappa shape index (κ2) is 10.4. The highest BCUT2D eigenvalue weighted by molar-refractivity contribution is 6.77. The largest absolute Gasteiger partial charge is 0.410 e. The second-order valence-electron chi connectivity index (χ2n) is 8.27. The van der Waals surface area contributed by atoms with Crippen LogP contribution in [0.3, 0.4) is 0 Å². The van der Waals surface area contributed by atoms with Crippen molar-refractivity contribution in [3.05, 3.63) is 24.3 Å². The van der Waals surface area contributed by atoms with Crippen LogP contribution in [0.5, 0.6) is 0 Å². The van der Waals surface area contributed by atoms with Crippen LogP contribution in [0.15, 0.2) is 24.3 Å². The lowest BCUT2D eigenvalue weighted by molar-refractivity contribution is 0.202. The lowest BCUT2D eigenvalue weighted by Gasteiger charge is -2.44. The fraction of sp³-hybridized carbons (Fsp3) is 0.727. The molecule has 2 nitrogen and oxygen atoms in total. The molecule has 25 heavy (non-hydrogen) atoms. The molecule has 3 heteroatoms. The molecule has 0 fully saturated rings. The quantitative estimate of drug-likeness (QED) is 0.370. The van der Waals surface area contributed by atoms with Gasteiger partial charge in [0.25, 0.3) is 0 Å². The molecular weight excluding hydrogens is 324 g/mol. The van der Waals surface area contributed by atoms with E-state index in [-0.39, 0.29) is 6.10 Å². The van der Waals surface area contributed by atoms with E-state index < -0.39 is 14.4 Å². The molecule has 0 heterocycles. The van der Waals surface area contributed by atoms with Gasteiger partial charge in [0, 0.05) is 12.8 Å². The van der Waals surface area contributed by atoms with Gasteiger partial charge in [-0.05, 0) is 35.9 Å². The van der Waals surface area contributed by atoms with E-state index in [0.29, 0.717) is 23.0 Å². The summed E-state index contributed by atoms with van der Waals surface area (Å²) in [6.07, 6.45) is 8.12. The fourth-order valence-corrected chi connectivity index (χ4v) is 9.77. The van der Waals surface area contributed by atoms with Crippen LogP contribution in [0.25, 0.3) is 0 Å². The monoisotopic (exact) mass is 362 g/mol. The van der Waals surface area contributed by atoms with Gasteiger partial charge >= 0.3 is 0 Å². The Hall–Kier alpha value is -0.823. The van der Waals surface area contributed by atoms with E-state index in [1.54, 1.807) is 0 Å². The minimum atomic E-state index is -1.90. The summed E-state index contributed by atoms with van der Waals surface area (Å²) in [5, 5.41) is 9.96. The molecule has 0 aliphatic heterocycles. The predicted octanol–water partition coefficient (Wildman–Crippen LogP) is 5.99. The first kappa shape index (κ1) is 22.2.